The van der Waals surface area contributed by atoms with Gasteiger partial charge in [0, 0.05) is 0 Å². The molecule has 2 aromatic rings. The number of hydrogen-bond donors (Lipinski definition) is 1. The van der Waals surface area contributed by atoms with Crippen LogP contribution in [0.4, 0.5) is 0 Å². The fourth-order valence-electron chi connectivity index (χ4n) is 1.67. The summed E-state index contributed by atoms with van der Waals surface area (Å²) in [6.07, 6.45) is 2.62. The van der Waals surface area contributed by atoms with E-state index in [1.165, 1.54) is 0 Å². The van der Waals surface area contributed by atoms with Crippen molar-refractivity contribution in [3.63, 3.8) is 0 Å². The van der Waals surface area contributed by atoms with Crippen molar-refractivity contribution in [3.8, 4) is 5.75 Å². The third kappa shape index (κ3) is 2.78. The summed E-state index contributed by atoms with van der Waals surface area (Å²) < 4.78 is 5.15. The van der Waals surface area contributed by atoms with Gasteiger partial charge in [-0.25, -0.2) is 4.79 Å². The van der Waals surface area contributed by atoms with Crippen molar-refractivity contribution in [2.45, 2.75) is 0 Å². The maximum Gasteiger partial charge on any atom is 0.336 e. The molecule has 90 valence electrons. The van der Waals surface area contributed by atoms with Gasteiger partial charge in [0.2, 0.25) is 0 Å². The quantitative estimate of drug-likeness (QED) is 0.662. The molecule has 0 aromatic heterocycles. The van der Waals surface area contributed by atoms with E-state index in [1.54, 1.807) is 13.2 Å². The Morgan fingerprint density at radius 2 is 1.94 bits per heavy atom. The van der Waals surface area contributed by atoms with E-state index >= 15 is 0 Å². The number of fused-ring (bicyclic) bond motifs is 1. The molecule has 0 aliphatic rings. The average Bonchev–Trinajstić information content (AvgIpc) is 2.37. The molecule has 0 fully saturated rings. The lowest BCUT2D eigenvalue weighted by molar-refractivity contribution is -0.131. The van der Waals surface area contributed by atoms with Crippen LogP contribution in [0.5, 0.6) is 5.75 Å². The van der Waals surface area contributed by atoms with Crippen molar-refractivity contribution in [1.29, 1.82) is 0 Å². The third-order valence-electron chi connectivity index (χ3n) is 2.53. The summed E-state index contributed by atoms with van der Waals surface area (Å²) in [4.78, 5) is 10.3. The maximum absolute atomic E-state index is 10.3. The Morgan fingerprint density at radius 1 is 1.22 bits per heavy atom. The van der Waals surface area contributed by atoms with Gasteiger partial charge in [0.05, 0.1) is 13.2 Å². The van der Waals surface area contributed by atoms with Crippen molar-refractivity contribution < 1.29 is 14.6 Å². The number of carbonyl (C=O) groups is 1. The number of ether oxygens (including phenoxy) is 1. The summed E-state index contributed by atoms with van der Waals surface area (Å²) >= 11 is 0. The Bertz CT molecular complexity index is 650. The molecule has 0 saturated carbocycles. The fraction of sp³-hybridized carbons (Fsp3) is 0.0667. The molecule has 0 heterocycles. The molecule has 3 nitrogen and oxygen atoms in total. The summed E-state index contributed by atoms with van der Waals surface area (Å²) in [6.45, 7) is 0. The van der Waals surface area contributed by atoms with Crippen molar-refractivity contribution in [3.05, 3.63) is 53.8 Å². The Kier molecular flexibility index (Phi) is 3.46. The van der Waals surface area contributed by atoms with E-state index in [0.29, 0.717) is 0 Å². The molecule has 0 spiro atoms. The van der Waals surface area contributed by atoms with E-state index in [9.17, 15) is 4.79 Å². The van der Waals surface area contributed by atoms with Gasteiger partial charge in [-0.2, -0.15) is 0 Å². The zero-order valence-corrected chi connectivity index (χ0v) is 9.88. The Hall–Kier alpha value is -2.51. The largest absolute Gasteiger partial charge is 0.497 e. The Morgan fingerprint density at radius 3 is 2.67 bits per heavy atom. The van der Waals surface area contributed by atoms with Gasteiger partial charge in [0.15, 0.2) is 0 Å². The summed E-state index contributed by atoms with van der Waals surface area (Å²) in [5.41, 5.74) is 3.52. The summed E-state index contributed by atoms with van der Waals surface area (Å²) in [5.74, 6) is -0.187. The number of benzene rings is 2. The molecule has 0 aliphatic heterocycles. The second kappa shape index (κ2) is 5.21. The van der Waals surface area contributed by atoms with Gasteiger partial charge in [0.25, 0.3) is 0 Å². The normalized spacial score (nSPS) is 9.61. The highest BCUT2D eigenvalue weighted by atomic mass is 16.5. The number of rotatable bonds is 3. The molecule has 1 N–H and O–H groups in total. The monoisotopic (exact) mass is 240 g/mol. The molecule has 3 heteroatoms. The molecule has 0 unspecified atom stereocenters. The first-order valence-electron chi connectivity index (χ1n) is 5.42. The van der Waals surface area contributed by atoms with E-state index in [1.807, 2.05) is 36.4 Å². The first-order valence-corrected chi connectivity index (χ1v) is 5.42. The zero-order valence-electron chi connectivity index (χ0n) is 9.88. The van der Waals surface area contributed by atoms with Crippen LogP contribution in [0.3, 0.4) is 0 Å². The molecule has 2 aromatic carbocycles. The summed E-state index contributed by atoms with van der Waals surface area (Å²) in [6, 6.07) is 11.7. The van der Waals surface area contributed by atoms with Crippen LogP contribution in [0, 0.1) is 0 Å². The molecule has 0 radical (unpaired) electrons. The molecule has 0 saturated heterocycles. The molecule has 0 atom stereocenters. The van der Waals surface area contributed by atoms with Gasteiger partial charge in [-0.1, -0.05) is 18.2 Å². The van der Waals surface area contributed by atoms with Gasteiger partial charge in [-0.3, -0.25) is 0 Å². The van der Waals surface area contributed by atoms with Crippen molar-refractivity contribution in [2.75, 3.05) is 7.11 Å². The second-order valence-electron chi connectivity index (χ2n) is 3.77. The van der Waals surface area contributed by atoms with Gasteiger partial charge >= 0.3 is 5.97 Å². The van der Waals surface area contributed by atoms with Crippen LogP contribution in [-0.2, 0) is 4.79 Å². The van der Waals surface area contributed by atoms with Crippen LogP contribution in [0.1, 0.15) is 5.56 Å². The third-order valence-corrected chi connectivity index (χ3v) is 2.53. The van der Waals surface area contributed by atoms with Crippen LogP contribution >= 0.6 is 0 Å². The molecule has 2 rings (SSSR count). The zero-order chi connectivity index (χ0) is 13.0. The lowest BCUT2D eigenvalue weighted by Gasteiger charge is -2.03. The van der Waals surface area contributed by atoms with Gasteiger partial charge < -0.3 is 9.84 Å². The highest BCUT2D eigenvalue weighted by molar-refractivity contribution is 5.86. The molecule has 0 bridgehead atoms. The van der Waals surface area contributed by atoms with Gasteiger partial charge in [-0.15, -0.1) is 5.73 Å². The van der Waals surface area contributed by atoms with Crippen LogP contribution in [0.25, 0.3) is 16.8 Å². The number of aliphatic carboxylic acids is 1. The predicted octanol–water partition coefficient (Wildman–Crippen LogP) is 3.10. The number of carboxylic acid groups (broad SMARTS) is 1. The van der Waals surface area contributed by atoms with Crippen LogP contribution in [0.15, 0.2) is 48.2 Å². The summed E-state index contributed by atoms with van der Waals surface area (Å²) in [5, 5.41) is 10.6. The number of carboxylic acids is 1. The standard InChI is InChI=1S/C15H12O3/c1-18-14-8-7-12-9-11(3-2-4-15(16)17)5-6-13(12)10-14/h3-10H,1H3,(H,16,17). The minimum atomic E-state index is -1.00. The van der Waals surface area contributed by atoms with Crippen molar-refractivity contribution in [1.82, 2.24) is 0 Å². The van der Waals surface area contributed by atoms with Crippen LogP contribution < -0.4 is 4.74 Å². The van der Waals surface area contributed by atoms with Gasteiger partial charge in [0.1, 0.15) is 5.75 Å². The Balaban J connectivity index is 2.39. The first-order chi connectivity index (χ1) is 8.69. The predicted molar refractivity (Wildman–Crippen MR) is 70.7 cm³/mol. The molecule has 0 aliphatic carbocycles. The summed E-state index contributed by atoms with van der Waals surface area (Å²) in [7, 11) is 1.63. The lowest BCUT2D eigenvalue weighted by Crippen LogP contribution is -1.84. The molecular formula is C15H12O3. The Labute approximate surface area is 105 Å². The van der Waals surface area contributed by atoms with Gasteiger partial charge in [-0.05, 0) is 40.6 Å². The van der Waals surface area contributed by atoms with E-state index in [2.05, 4.69) is 5.73 Å². The molecule has 0 amide bonds. The van der Waals surface area contributed by atoms with E-state index in [4.69, 9.17) is 9.84 Å². The van der Waals surface area contributed by atoms with E-state index in [0.717, 1.165) is 28.2 Å². The fourth-order valence-corrected chi connectivity index (χ4v) is 1.67. The minimum Gasteiger partial charge on any atom is -0.497 e. The maximum atomic E-state index is 10.3. The first kappa shape index (κ1) is 12.0. The second-order valence-corrected chi connectivity index (χ2v) is 3.77. The smallest absolute Gasteiger partial charge is 0.336 e. The van der Waals surface area contributed by atoms with E-state index in [-0.39, 0.29) is 0 Å². The van der Waals surface area contributed by atoms with Crippen molar-refractivity contribution >= 4 is 22.8 Å². The number of methoxy groups -OCH3 is 1. The average molecular weight is 240 g/mol. The van der Waals surface area contributed by atoms with Crippen LogP contribution in [-0.4, -0.2) is 18.2 Å². The molecular weight excluding hydrogens is 228 g/mol. The topological polar surface area (TPSA) is 46.5 Å². The minimum absolute atomic E-state index is 0.816. The SMILES string of the molecule is COc1ccc2cc(C=C=CC(=O)O)ccc2c1. The highest BCUT2D eigenvalue weighted by Gasteiger charge is 1.96. The van der Waals surface area contributed by atoms with Crippen molar-refractivity contribution in [2.24, 2.45) is 0 Å². The molecule has 18 heavy (non-hydrogen) atoms. The van der Waals surface area contributed by atoms with E-state index < -0.39 is 5.97 Å². The number of hydrogen-bond acceptors (Lipinski definition) is 2. The lowest BCUT2D eigenvalue weighted by atomic mass is 10.1. The van der Waals surface area contributed by atoms with Crippen LogP contribution in [0.2, 0.25) is 0 Å². The highest BCUT2D eigenvalue weighted by Crippen LogP contribution is 2.22.